The highest BCUT2D eigenvalue weighted by molar-refractivity contribution is 6.08. The fraction of sp³-hybridized carbons (Fsp3) is 0.263. The van der Waals surface area contributed by atoms with E-state index in [1.165, 1.54) is 0 Å². The topological polar surface area (TPSA) is 46.6 Å². The first-order chi connectivity index (χ1) is 11.3. The minimum absolute atomic E-state index is 0.0339. The van der Waals surface area contributed by atoms with E-state index in [-0.39, 0.29) is 11.7 Å². The average Bonchev–Trinajstić information content (AvgIpc) is 2.62. The molecule has 0 aromatic heterocycles. The zero-order valence-electron chi connectivity index (χ0n) is 12.9. The fourth-order valence-corrected chi connectivity index (χ4v) is 2.73. The number of rotatable bonds is 4. The summed E-state index contributed by atoms with van der Waals surface area (Å²) in [5.41, 5.74) is 1.93. The lowest BCUT2D eigenvalue weighted by Gasteiger charge is -2.27. The molecule has 23 heavy (non-hydrogen) atoms. The summed E-state index contributed by atoms with van der Waals surface area (Å²) in [6.45, 7) is 2.23. The lowest BCUT2D eigenvalue weighted by atomic mass is 9.97. The molecule has 1 aliphatic heterocycles. The van der Waals surface area contributed by atoms with E-state index in [1.54, 1.807) is 29.2 Å². The summed E-state index contributed by atoms with van der Waals surface area (Å²) in [7, 11) is 0. The second kappa shape index (κ2) is 7.20. The molecule has 1 amide bonds. The second-order valence-corrected chi connectivity index (χ2v) is 5.54. The number of ketones is 1. The lowest BCUT2D eigenvalue weighted by molar-refractivity contribution is 0.0302. The largest absolute Gasteiger partial charge is 0.378 e. The molecule has 0 radical (unpaired) electrons. The van der Waals surface area contributed by atoms with Gasteiger partial charge in [-0.15, -0.1) is 0 Å². The molecule has 0 spiro atoms. The van der Waals surface area contributed by atoms with Gasteiger partial charge in [0.05, 0.1) is 18.8 Å². The van der Waals surface area contributed by atoms with Crippen LogP contribution in [0, 0.1) is 0 Å². The van der Waals surface area contributed by atoms with E-state index in [2.05, 4.69) is 0 Å². The molecule has 4 heteroatoms. The van der Waals surface area contributed by atoms with Crippen molar-refractivity contribution in [3.8, 4) is 0 Å². The minimum atomic E-state index is -0.0923. The average molecular weight is 309 g/mol. The third-order valence-electron chi connectivity index (χ3n) is 3.96. The van der Waals surface area contributed by atoms with Gasteiger partial charge in [-0.2, -0.15) is 0 Å². The third kappa shape index (κ3) is 3.66. The zero-order chi connectivity index (χ0) is 16.1. The Morgan fingerprint density at radius 3 is 2.17 bits per heavy atom. The van der Waals surface area contributed by atoms with Gasteiger partial charge in [0.15, 0.2) is 5.78 Å². The number of benzene rings is 2. The van der Waals surface area contributed by atoms with Crippen molar-refractivity contribution in [2.45, 2.75) is 6.42 Å². The van der Waals surface area contributed by atoms with Crippen molar-refractivity contribution in [2.24, 2.45) is 0 Å². The van der Waals surface area contributed by atoms with Gasteiger partial charge in [0, 0.05) is 25.1 Å². The second-order valence-electron chi connectivity index (χ2n) is 5.54. The van der Waals surface area contributed by atoms with Crippen LogP contribution in [-0.4, -0.2) is 42.9 Å². The summed E-state index contributed by atoms with van der Waals surface area (Å²) in [6, 6.07) is 16.6. The maximum absolute atomic E-state index is 12.7. The van der Waals surface area contributed by atoms with Crippen molar-refractivity contribution in [1.82, 2.24) is 4.90 Å². The maximum Gasteiger partial charge on any atom is 0.254 e. The number of Topliss-reactive ketones (excluding diaryl/α,β-unsaturated/α-hetero) is 1. The van der Waals surface area contributed by atoms with Crippen LogP contribution in [0.15, 0.2) is 54.6 Å². The number of morpholine rings is 1. The first-order valence-electron chi connectivity index (χ1n) is 7.79. The highest BCUT2D eigenvalue weighted by atomic mass is 16.5. The Morgan fingerprint density at radius 2 is 1.48 bits per heavy atom. The molecule has 0 atom stereocenters. The fourth-order valence-electron chi connectivity index (χ4n) is 2.73. The number of carbonyl (C=O) groups excluding carboxylic acids is 2. The Morgan fingerprint density at radius 1 is 0.870 bits per heavy atom. The predicted molar refractivity (Wildman–Crippen MR) is 87.6 cm³/mol. The van der Waals surface area contributed by atoms with Gasteiger partial charge < -0.3 is 9.64 Å². The number of carbonyl (C=O) groups is 2. The van der Waals surface area contributed by atoms with Gasteiger partial charge in [-0.3, -0.25) is 9.59 Å². The van der Waals surface area contributed by atoms with Crippen molar-refractivity contribution in [2.75, 3.05) is 26.3 Å². The molecule has 3 rings (SSSR count). The zero-order valence-corrected chi connectivity index (χ0v) is 12.9. The van der Waals surface area contributed by atoms with Gasteiger partial charge in [-0.1, -0.05) is 48.5 Å². The molecule has 2 aromatic rings. The van der Waals surface area contributed by atoms with Gasteiger partial charge in [-0.25, -0.2) is 0 Å². The molecule has 1 aliphatic rings. The molecule has 0 bridgehead atoms. The molecule has 0 saturated carbocycles. The summed E-state index contributed by atoms with van der Waals surface area (Å²) >= 11 is 0. The monoisotopic (exact) mass is 309 g/mol. The van der Waals surface area contributed by atoms with Crippen LogP contribution in [-0.2, 0) is 11.2 Å². The molecular weight excluding hydrogens is 290 g/mol. The van der Waals surface area contributed by atoms with Crippen LogP contribution in [0.4, 0.5) is 0 Å². The van der Waals surface area contributed by atoms with E-state index < -0.39 is 0 Å². The third-order valence-corrected chi connectivity index (χ3v) is 3.96. The molecule has 0 N–H and O–H groups in total. The number of hydrogen-bond acceptors (Lipinski definition) is 3. The lowest BCUT2D eigenvalue weighted by Crippen LogP contribution is -2.41. The summed E-state index contributed by atoms with van der Waals surface area (Å²) in [5, 5.41) is 0. The highest BCUT2D eigenvalue weighted by Crippen LogP contribution is 2.16. The van der Waals surface area contributed by atoms with Gasteiger partial charge in [0.1, 0.15) is 0 Å². The Kier molecular flexibility index (Phi) is 4.83. The van der Waals surface area contributed by atoms with Gasteiger partial charge >= 0.3 is 0 Å². The van der Waals surface area contributed by atoms with Crippen molar-refractivity contribution in [3.05, 3.63) is 71.3 Å². The number of nitrogens with zero attached hydrogens (tertiary/aromatic N) is 1. The summed E-state index contributed by atoms with van der Waals surface area (Å²) in [4.78, 5) is 27.1. The quantitative estimate of drug-likeness (QED) is 0.816. The Hall–Kier alpha value is -2.46. The summed E-state index contributed by atoms with van der Waals surface area (Å²) in [5.74, 6) is -0.126. The normalized spacial score (nSPS) is 14.5. The van der Waals surface area contributed by atoms with Crippen LogP contribution in [0.2, 0.25) is 0 Å². The van der Waals surface area contributed by atoms with Gasteiger partial charge in [-0.05, 0) is 11.6 Å². The van der Waals surface area contributed by atoms with Crippen LogP contribution in [0.25, 0.3) is 0 Å². The van der Waals surface area contributed by atoms with Crippen molar-refractivity contribution in [1.29, 1.82) is 0 Å². The van der Waals surface area contributed by atoms with E-state index in [1.807, 2.05) is 30.3 Å². The number of hydrogen-bond donors (Lipinski definition) is 0. The summed E-state index contributed by atoms with van der Waals surface area (Å²) in [6.07, 6.45) is 0.300. The molecular formula is C19H19NO3. The first kappa shape index (κ1) is 15.4. The van der Waals surface area contributed by atoms with Crippen molar-refractivity contribution >= 4 is 11.7 Å². The Bertz CT molecular complexity index is 691. The van der Waals surface area contributed by atoms with Crippen LogP contribution in [0.1, 0.15) is 26.3 Å². The molecule has 2 aromatic carbocycles. The molecule has 118 valence electrons. The van der Waals surface area contributed by atoms with E-state index >= 15 is 0 Å². The minimum Gasteiger partial charge on any atom is -0.378 e. The van der Waals surface area contributed by atoms with Crippen LogP contribution in [0.5, 0.6) is 0 Å². The SMILES string of the molecule is O=C(Cc1ccccc1)c1ccccc1C(=O)N1CCOCC1. The number of ether oxygens (including phenoxy) is 1. The highest BCUT2D eigenvalue weighted by Gasteiger charge is 2.23. The molecule has 0 unspecified atom stereocenters. The van der Waals surface area contributed by atoms with Crippen LogP contribution < -0.4 is 0 Å². The molecule has 4 nitrogen and oxygen atoms in total. The van der Waals surface area contributed by atoms with Crippen molar-refractivity contribution < 1.29 is 14.3 Å². The van der Waals surface area contributed by atoms with Gasteiger partial charge in [0.25, 0.3) is 5.91 Å². The van der Waals surface area contributed by atoms with Crippen molar-refractivity contribution in [3.63, 3.8) is 0 Å². The Labute approximate surface area is 135 Å². The predicted octanol–water partition coefficient (Wildman–Crippen LogP) is 2.58. The van der Waals surface area contributed by atoms with Gasteiger partial charge in [0.2, 0.25) is 0 Å². The standard InChI is InChI=1S/C19H19NO3/c21-18(14-15-6-2-1-3-7-15)16-8-4-5-9-17(16)19(22)20-10-12-23-13-11-20/h1-9H,10-14H2. The molecule has 1 heterocycles. The van der Waals surface area contributed by atoms with E-state index in [0.29, 0.717) is 43.9 Å². The van der Waals surface area contributed by atoms with E-state index in [0.717, 1.165) is 5.56 Å². The molecule has 1 fully saturated rings. The molecule has 0 aliphatic carbocycles. The first-order valence-corrected chi connectivity index (χ1v) is 7.79. The van der Waals surface area contributed by atoms with E-state index in [4.69, 9.17) is 4.74 Å². The summed E-state index contributed by atoms with van der Waals surface area (Å²) < 4.78 is 5.28. The number of amides is 1. The molecule has 1 saturated heterocycles. The maximum atomic E-state index is 12.7. The van der Waals surface area contributed by atoms with Crippen LogP contribution >= 0.6 is 0 Å². The van der Waals surface area contributed by atoms with E-state index in [9.17, 15) is 9.59 Å². The smallest absolute Gasteiger partial charge is 0.254 e. The Balaban J connectivity index is 1.82. The van der Waals surface area contributed by atoms with Crippen LogP contribution in [0.3, 0.4) is 0 Å².